The predicted octanol–water partition coefficient (Wildman–Crippen LogP) is 2.47. The molecule has 0 bridgehead atoms. The first-order chi connectivity index (χ1) is 10.6. The minimum Gasteiger partial charge on any atom is -0.399 e. The van der Waals surface area contributed by atoms with E-state index in [1.807, 2.05) is 48.5 Å². The van der Waals surface area contributed by atoms with Crippen molar-refractivity contribution in [2.24, 2.45) is 0 Å². The minimum absolute atomic E-state index is 0.111. The molecular formula is C16H15N5O. The van der Waals surface area contributed by atoms with E-state index in [0.717, 1.165) is 22.6 Å². The van der Waals surface area contributed by atoms with E-state index in [1.165, 1.54) is 6.92 Å². The van der Waals surface area contributed by atoms with Crippen LogP contribution in [0.1, 0.15) is 6.92 Å². The fraction of sp³-hybridized carbons (Fsp3) is 0.0625. The second kappa shape index (κ2) is 5.69. The minimum atomic E-state index is -0.111. The van der Waals surface area contributed by atoms with Crippen molar-refractivity contribution in [3.63, 3.8) is 0 Å². The number of carbonyl (C=O) groups is 1. The molecule has 0 aliphatic rings. The first-order valence-electron chi connectivity index (χ1n) is 6.78. The van der Waals surface area contributed by atoms with Crippen molar-refractivity contribution < 1.29 is 4.79 Å². The fourth-order valence-corrected chi connectivity index (χ4v) is 2.24. The SMILES string of the molecule is CC(=O)Nc1cccc(-c2cnnn2-c2cccc(N)c2)c1. The lowest BCUT2D eigenvalue weighted by molar-refractivity contribution is -0.114. The number of nitrogens with one attached hydrogen (secondary N) is 1. The summed E-state index contributed by atoms with van der Waals surface area (Å²) in [5, 5.41) is 10.9. The second-order valence-electron chi connectivity index (χ2n) is 4.89. The van der Waals surface area contributed by atoms with Crippen LogP contribution in [0.4, 0.5) is 11.4 Å². The molecule has 2 aromatic carbocycles. The van der Waals surface area contributed by atoms with Crippen LogP contribution >= 0.6 is 0 Å². The summed E-state index contributed by atoms with van der Waals surface area (Å²) in [5.74, 6) is -0.111. The highest BCUT2D eigenvalue weighted by atomic mass is 16.1. The number of rotatable bonds is 3. The molecule has 0 radical (unpaired) electrons. The zero-order valence-corrected chi connectivity index (χ0v) is 12.0. The van der Waals surface area contributed by atoms with Gasteiger partial charge < -0.3 is 11.1 Å². The topological polar surface area (TPSA) is 85.8 Å². The Hall–Kier alpha value is -3.15. The van der Waals surface area contributed by atoms with Crippen LogP contribution < -0.4 is 11.1 Å². The van der Waals surface area contributed by atoms with Gasteiger partial charge in [-0.25, -0.2) is 4.68 Å². The Labute approximate surface area is 127 Å². The van der Waals surface area contributed by atoms with Crippen LogP contribution in [0.2, 0.25) is 0 Å². The zero-order valence-electron chi connectivity index (χ0n) is 12.0. The van der Waals surface area contributed by atoms with Crippen LogP contribution in [0, 0.1) is 0 Å². The summed E-state index contributed by atoms with van der Waals surface area (Å²) in [5.41, 5.74) is 9.76. The number of nitrogens with zero attached hydrogens (tertiary/aromatic N) is 3. The van der Waals surface area contributed by atoms with E-state index >= 15 is 0 Å². The number of amides is 1. The van der Waals surface area contributed by atoms with Gasteiger partial charge in [0.05, 0.1) is 17.6 Å². The van der Waals surface area contributed by atoms with E-state index < -0.39 is 0 Å². The van der Waals surface area contributed by atoms with Gasteiger partial charge in [-0.3, -0.25) is 4.79 Å². The van der Waals surface area contributed by atoms with Crippen molar-refractivity contribution in [2.45, 2.75) is 6.92 Å². The Morgan fingerprint density at radius 1 is 1.18 bits per heavy atom. The van der Waals surface area contributed by atoms with E-state index in [4.69, 9.17) is 5.73 Å². The first kappa shape index (κ1) is 13.8. The molecule has 3 aromatic rings. The third-order valence-electron chi connectivity index (χ3n) is 3.14. The summed E-state index contributed by atoms with van der Waals surface area (Å²) < 4.78 is 1.71. The Balaban J connectivity index is 2.03. The number of nitrogen functional groups attached to an aromatic ring is 1. The third kappa shape index (κ3) is 2.80. The van der Waals surface area contributed by atoms with E-state index in [0.29, 0.717) is 5.69 Å². The molecule has 0 unspecified atom stereocenters. The van der Waals surface area contributed by atoms with E-state index in [2.05, 4.69) is 15.6 Å². The van der Waals surface area contributed by atoms with Crippen molar-refractivity contribution in [3.05, 3.63) is 54.7 Å². The molecule has 0 aliphatic carbocycles. The molecule has 0 aliphatic heterocycles. The summed E-state index contributed by atoms with van der Waals surface area (Å²) in [6.45, 7) is 1.48. The molecule has 0 saturated carbocycles. The highest BCUT2D eigenvalue weighted by Gasteiger charge is 2.09. The lowest BCUT2D eigenvalue weighted by Crippen LogP contribution is -2.06. The molecule has 0 spiro atoms. The van der Waals surface area contributed by atoms with E-state index in [1.54, 1.807) is 10.9 Å². The zero-order chi connectivity index (χ0) is 15.5. The molecule has 110 valence electrons. The second-order valence-corrected chi connectivity index (χ2v) is 4.89. The first-order valence-corrected chi connectivity index (χ1v) is 6.78. The largest absolute Gasteiger partial charge is 0.399 e. The van der Waals surface area contributed by atoms with Crippen molar-refractivity contribution in [1.29, 1.82) is 0 Å². The Kier molecular flexibility index (Phi) is 3.57. The maximum absolute atomic E-state index is 11.2. The number of carbonyl (C=O) groups excluding carboxylic acids is 1. The van der Waals surface area contributed by atoms with Crippen LogP contribution in [0.15, 0.2) is 54.7 Å². The Morgan fingerprint density at radius 2 is 2.00 bits per heavy atom. The normalized spacial score (nSPS) is 10.4. The van der Waals surface area contributed by atoms with E-state index in [-0.39, 0.29) is 5.91 Å². The van der Waals surface area contributed by atoms with Crippen LogP contribution in [0.25, 0.3) is 16.9 Å². The molecule has 0 atom stereocenters. The molecule has 3 rings (SSSR count). The lowest BCUT2D eigenvalue weighted by Gasteiger charge is -2.08. The van der Waals surface area contributed by atoms with Crippen molar-refractivity contribution in [1.82, 2.24) is 15.0 Å². The van der Waals surface area contributed by atoms with Crippen molar-refractivity contribution in [2.75, 3.05) is 11.1 Å². The highest BCUT2D eigenvalue weighted by Crippen LogP contribution is 2.24. The number of hydrogen-bond donors (Lipinski definition) is 2. The molecule has 3 N–H and O–H groups in total. The van der Waals surface area contributed by atoms with Gasteiger partial charge >= 0.3 is 0 Å². The van der Waals surface area contributed by atoms with E-state index in [9.17, 15) is 4.79 Å². The van der Waals surface area contributed by atoms with Gasteiger partial charge in [-0.15, -0.1) is 5.10 Å². The number of anilines is 2. The third-order valence-corrected chi connectivity index (χ3v) is 3.14. The van der Waals surface area contributed by atoms with Gasteiger partial charge in [-0.1, -0.05) is 23.4 Å². The number of hydrogen-bond acceptors (Lipinski definition) is 4. The van der Waals surface area contributed by atoms with Gasteiger partial charge in [0.2, 0.25) is 5.91 Å². The van der Waals surface area contributed by atoms with Crippen LogP contribution in [-0.4, -0.2) is 20.9 Å². The summed E-state index contributed by atoms with van der Waals surface area (Å²) in [6.07, 6.45) is 1.68. The van der Waals surface area contributed by atoms with Crippen molar-refractivity contribution in [3.8, 4) is 16.9 Å². The molecule has 0 fully saturated rings. The maximum atomic E-state index is 11.2. The maximum Gasteiger partial charge on any atom is 0.221 e. The van der Waals surface area contributed by atoms with Crippen LogP contribution in [0.3, 0.4) is 0 Å². The Morgan fingerprint density at radius 3 is 2.77 bits per heavy atom. The molecule has 22 heavy (non-hydrogen) atoms. The standard InChI is InChI=1S/C16H15N5O/c1-11(22)19-14-6-2-4-12(8-14)16-10-18-20-21(16)15-7-3-5-13(17)9-15/h2-10H,17H2,1H3,(H,19,22). The quantitative estimate of drug-likeness (QED) is 0.726. The average Bonchev–Trinajstić information content (AvgIpc) is 2.96. The summed E-state index contributed by atoms with van der Waals surface area (Å²) in [4.78, 5) is 11.2. The van der Waals surface area contributed by atoms with Crippen LogP contribution in [0.5, 0.6) is 0 Å². The number of benzene rings is 2. The van der Waals surface area contributed by atoms with Gasteiger partial charge in [-0.2, -0.15) is 0 Å². The fourth-order valence-electron chi connectivity index (χ4n) is 2.24. The summed E-state index contributed by atoms with van der Waals surface area (Å²) in [7, 11) is 0. The summed E-state index contributed by atoms with van der Waals surface area (Å²) in [6, 6.07) is 14.9. The van der Waals surface area contributed by atoms with Crippen LogP contribution in [-0.2, 0) is 4.79 Å². The van der Waals surface area contributed by atoms with Crippen molar-refractivity contribution >= 4 is 17.3 Å². The summed E-state index contributed by atoms with van der Waals surface area (Å²) >= 11 is 0. The van der Waals surface area contributed by atoms with Gasteiger partial charge in [0, 0.05) is 23.9 Å². The number of nitrogens with two attached hydrogens (primary N) is 1. The lowest BCUT2D eigenvalue weighted by atomic mass is 10.1. The van der Waals surface area contributed by atoms with Gasteiger partial charge in [-0.05, 0) is 30.3 Å². The van der Waals surface area contributed by atoms with Gasteiger partial charge in [0.25, 0.3) is 0 Å². The highest BCUT2D eigenvalue weighted by molar-refractivity contribution is 5.89. The molecule has 0 saturated heterocycles. The van der Waals surface area contributed by atoms with Gasteiger partial charge in [0.1, 0.15) is 0 Å². The van der Waals surface area contributed by atoms with Gasteiger partial charge in [0.15, 0.2) is 0 Å². The average molecular weight is 293 g/mol. The smallest absolute Gasteiger partial charge is 0.221 e. The molecule has 6 nitrogen and oxygen atoms in total. The number of aromatic nitrogens is 3. The molecule has 1 heterocycles. The monoisotopic (exact) mass is 293 g/mol. The molecular weight excluding hydrogens is 278 g/mol. The molecule has 6 heteroatoms. The molecule has 1 amide bonds. The Bertz CT molecular complexity index is 825. The molecule has 1 aromatic heterocycles. The predicted molar refractivity (Wildman–Crippen MR) is 85.5 cm³/mol.